The van der Waals surface area contributed by atoms with Crippen molar-refractivity contribution < 1.29 is 0 Å². The number of nitrogens with two attached hydrogens (primary N) is 1. The van der Waals surface area contributed by atoms with E-state index in [1.54, 1.807) is 0 Å². The summed E-state index contributed by atoms with van der Waals surface area (Å²) in [6, 6.07) is 9.68. The van der Waals surface area contributed by atoms with Gasteiger partial charge in [0.15, 0.2) is 0 Å². The second-order valence-electron chi connectivity index (χ2n) is 3.46. The van der Waals surface area contributed by atoms with Gasteiger partial charge in [0.1, 0.15) is 5.69 Å². The zero-order valence-corrected chi connectivity index (χ0v) is 9.21. The number of H-pyrrole nitrogens is 2. The predicted molar refractivity (Wildman–Crippen MR) is 67.5 cm³/mol. The first-order chi connectivity index (χ1) is 7.34. The molecule has 0 saturated carbocycles. The van der Waals surface area contributed by atoms with Gasteiger partial charge in [-0.05, 0) is 30.3 Å². The summed E-state index contributed by atoms with van der Waals surface area (Å²) in [4.78, 5) is 3.13. The summed E-state index contributed by atoms with van der Waals surface area (Å²) in [6.45, 7) is 0. The average Bonchev–Trinajstić information content (AvgIpc) is 2.82. The summed E-state index contributed by atoms with van der Waals surface area (Å²) in [5, 5.41) is 8.31. The lowest BCUT2D eigenvalue weighted by molar-refractivity contribution is 1.12. The molecule has 0 fully saturated rings. The van der Waals surface area contributed by atoms with Gasteiger partial charge < -0.3 is 10.7 Å². The highest BCUT2D eigenvalue weighted by atomic mass is 35.5. The molecule has 0 atom stereocenters. The molecule has 4 N–H and O–H groups in total. The van der Waals surface area contributed by atoms with E-state index in [2.05, 4.69) is 15.2 Å². The third-order valence-corrected chi connectivity index (χ3v) is 2.44. The lowest BCUT2D eigenvalue weighted by Crippen LogP contribution is -1.82. The van der Waals surface area contributed by atoms with E-state index in [4.69, 9.17) is 5.73 Å². The quantitative estimate of drug-likeness (QED) is 0.567. The summed E-state index contributed by atoms with van der Waals surface area (Å²) < 4.78 is 0. The number of aromatic nitrogens is 3. The van der Waals surface area contributed by atoms with Gasteiger partial charge in [-0.1, -0.05) is 0 Å². The summed E-state index contributed by atoms with van der Waals surface area (Å²) in [5.74, 6) is 0. The van der Waals surface area contributed by atoms with Gasteiger partial charge in [-0.25, -0.2) is 0 Å². The van der Waals surface area contributed by atoms with Crippen LogP contribution in [0.25, 0.3) is 22.3 Å². The molecule has 3 rings (SSSR count). The van der Waals surface area contributed by atoms with E-state index in [1.165, 1.54) is 0 Å². The van der Waals surface area contributed by atoms with Gasteiger partial charge in [-0.2, -0.15) is 5.10 Å². The highest BCUT2D eigenvalue weighted by Gasteiger charge is 2.07. The first-order valence-electron chi connectivity index (χ1n) is 4.72. The van der Waals surface area contributed by atoms with E-state index in [9.17, 15) is 0 Å². The Bertz CT molecular complexity index is 598. The molecule has 16 heavy (non-hydrogen) atoms. The van der Waals surface area contributed by atoms with Crippen LogP contribution in [0.15, 0.2) is 36.5 Å². The number of nitrogens with zero attached hydrogens (tertiary/aromatic N) is 1. The maximum absolute atomic E-state index is 5.70. The monoisotopic (exact) mass is 234 g/mol. The van der Waals surface area contributed by atoms with Crippen molar-refractivity contribution in [3.05, 3.63) is 36.5 Å². The van der Waals surface area contributed by atoms with Gasteiger partial charge in [-0.3, -0.25) is 5.10 Å². The fourth-order valence-electron chi connectivity index (χ4n) is 1.72. The van der Waals surface area contributed by atoms with Crippen molar-refractivity contribution in [3.63, 3.8) is 0 Å². The van der Waals surface area contributed by atoms with Crippen molar-refractivity contribution in [2.75, 3.05) is 5.73 Å². The van der Waals surface area contributed by atoms with Crippen molar-refractivity contribution in [2.24, 2.45) is 0 Å². The van der Waals surface area contributed by atoms with Crippen LogP contribution in [0, 0.1) is 0 Å². The molecule has 82 valence electrons. The Hall–Kier alpha value is -1.94. The fourth-order valence-corrected chi connectivity index (χ4v) is 1.72. The molecule has 0 saturated heterocycles. The first kappa shape index (κ1) is 10.6. The molecular weight excluding hydrogens is 224 g/mol. The number of aromatic amines is 2. The zero-order chi connectivity index (χ0) is 10.3. The molecule has 2 heterocycles. The van der Waals surface area contributed by atoms with Crippen molar-refractivity contribution in [2.45, 2.75) is 0 Å². The van der Waals surface area contributed by atoms with Crippen LogP contribution in [0.5, 0.6) is 0 Å². The minimum absolute atomic E-state index is 0. The van der Waals surface area contributed by atoms with Gasteiger partial charge in [0.2, 0.25) is 0 Å². The molecule has 0 radical (unpaired) electrons. The maximum Gasteiger partial charge on any atom is 0.116 e. The van der Waals surface area contributed by atoms with E-state index < -0.39 is 0 Å². The van der Waals surface area contributed by atoms with Crippen LogP contribution in [-0.4, -0.2) is 15.2 Å². The smallest absolute Gasteiger partial charge is 0.116 e. The molecule has 0 aliphatic heterocycles. The first-order valence-corrected chi connectivity index (χ1v) is 4.72. The standard InChI is InChI=1S/C11H10N4.ClH/c12-7-3-4-8-10(6-7)14-15-11(8)9-2-1-5-13-9;/h1-6,13H,12H2,(H,14,15);1H. The Labute approximate surface area is 98.3 Å². The second-order valence-corrected chi connectivity index (χ2v) is 3.46. The van der Waals surface area contributed by atoms with Gasteiger partial charge in [0.25, 0.3) is 0 Å². The van der Waals surface area contributed by atoms with E-state index in [0.29, 0.717) is 0 Å². The molecule has 0 aliphatic rings. The minimum Gasteiger partial charge on any atom is -0.399 e. The predicted octanol–water partition coefficient (Wildman–Crippen LogP) is 2.56. The van der Waals surface area contributed by atoms with Crippen molar-refractivity contribution in [1.82, 2.24) is 15.2 Å². The fraction of sp³-hybridized carbons (Fsp3) is 0. The average molecular weight is 235 g/mol. The van der Waals surface area contributed by atoms with Gasteiger partial charge in [-0.15, -0.1) is 12.4 Å². The molecule has 5 heteroatoms. The van der Waals surface area contributed by atoms with Crippen LogP contribution in [0.1, 0.15) is 0 Å². The SMILES string of the molecule is Cl.Nc1ccc2c(-c3ccc[nH]3)n[nH]c2c1. The molecule has 0 unspecified atom stereocenters. The third kappa shape index (κ3) is 1.53. The highest BCUT2D eigenvalue weighted by molar-refractivity contribution is 5.93. The lowest BCUT2D eigenvalue weighted by Gasteiger charge is -1.94. The lowest BCUT2D eigenvalue weighted by atomic mass is 10.1. The van der Waals surface area contributed by atoms with Crippen LogP contribution >= 0.6 is 12.4 Å². The van der Waals surface area contributed by atoms with Crippen LogP contribution < -0.4 is 5.73 Å². The highest BCUT2D eigenvalue weighted by Crippen LogP contribution is 2.25. The molecule has 2 aromatic heterocycles. The Balaban J connectivity index is 0.000000963. The van der Waals surface area contributed by atoms with E-state index in [1.807, 2.05) is 36.5 Å². The summed E-state index contributed by atoms with van der Waals surface area (Å²) in [7, 11) is 0. The number of rotatable bonds is 1. The largest absolute Gasteiger partial charge is 0.399 e. The molecule has 4 nitrogen and oxygen atoms in total. The van der Waals surface area contributed by atoms with Crippen LogP contribution in [0.4, 0.5) is 5.69 Å². The van der Waals surface area contributed by atoms with Gasteiger partial charge in [0, 0.05) is 17.3 Å². The minimum atomic E-state index is 0. The van der Waals surface area contributed by atoms with Crippen molar-refractivity contribution in [3.8, 4) is 11.4 Å². The molecular formula is C11H11ClN4. The Morgan fingerprint density at radius 1 is 1.19 bits per heavy atom. The Kier molecular flexibility index (Phi) is 2.58. The zero-order valence-electron chi connectivity index (χ0n) is 8.40. The number of benzene rings is 1. The summed E-state index contributed by atoms with van der Waals surface area (Å²) >= 11 is 0. The number of nitrogens with one attached hydrogen (secondary N) is 2. The Morgan fingerprint density at radius 3 is 2.81 bits per heavy atom. The van der Waals surface area contributed by atoms with Crippen molar-refractivity contribution >= 4 is 29.0 Å². The van der Waals surface area contributed by atoms with Crippen LogP contribution in [-0.2, 0) is 0 Å². The van der Waals surface area contributed by atoms with Crippen LogP contribution in [0.2, 0.25) is 0 Å². The molecule has 0 bridgehead atoms. The number of nitrogen functional groups attached to an aromatic ring is 1. The summed E-state index contributed by atoms with van der Waals surface area (Å²) in [6.07, 6.45) is 1.88. The maximum atomic E-state index is 5.70. The molecule has 0 aliphatic carbocycles. The normalized spacial score (nSPS) is 10.2. The van der Waals surface area contributed by atoms with E-state index in [-0.39, 0.29) is 12.4 Å². The molecule has 0 spiro atoms. The topological polar surface area (TPSA) is 70.5 Å². The van der Waals surface area contributed by atoms with Gasteiger partial charge in [0.05, 0.1) is 11.2 Å². The summed E-state index contributed by atoms with van der Waals surface area (Å²) in [5.41, 5.74) is 9.33. The number of hydrogen-bond acceptors (Lipinski definition) is 2. The Morgan fingerprint density at radius 2 is 2.06 bits per heavy atom. The molecule has 0 amide bonds. The van der Waals surface area contributed by atoms with E-state index >= 15 is 0 Å². The number of hydrogen-bond donors (Lipinski definition) is 3. The van der Waals surface area contributed by atoms with Crippen LogP contribution in [0.3, 0.4) is 0 Å². The number of anilines is 1. The number of halogens is 1. The third-order valence-electron chi connectivity index (χ3n) is 2.44. The van der Waals surface area contributed by atoms with E-state index in [0.717, 1.165) is 28.0 Å². The van der Waals surface area contributed by atoms with Crippen molar-refractivity contribution in [1.29, 1.82) is 0 Å². The van der Waals surface area contributed by atoms with Gasteiger partial charge >= 0.3 is 0 Å². The molecule has 3 aromatic rings. The molecule has 1 aromatic carbocycles. The second kappa shape index (κ2) is 3.90. The number of fused-ring (bicyclic) bond motifs is 1.